The molecule has 0 N–H and O–H groups in total. The van der Waals surface area contributed by atoms with Crippen LogP contribution in [0.1, 0.15) is 24.2 Å². The van der Waals surface area contributed by atoms with Gasteiger partial charge < -0.3 is 4.90 Å². The van der Waals surface area contributed by atoms with Crippen molar-refractivity contribution in [3.05, 3.63) is 29.8 Å². The Morgan fingerprint density at radius 2 is 2.13 bits per heavy atom. The average molecular weight is 201 g/mol. The van der Waals surface area contributed by atoms with E-state index in [-0.39, 0.29) is 5.78 Å². The molecule has 0 saturated heterocycles. The molecule has 2 heteroatoms. The Labute approximate surface area is 90.9 Å². The van der Waals surface area contributed by atoms with Crippen molar-refractivity contribution in [2.45, 2.75) is 13.8 Å². The lowest BCUT2D eigenvalue weighted by molar-refractivity contribution is 0.101. The van der Waals surface area contributed by atoms with Crippen LogP contribution in [0.4, 0.5) is 5.69 Å². The van der Waals surface area contributed by atoms with Gasteiger partial charge in [0.1, 0.15) is 0 Å². The Kier molecular flexibility index (Phi) is 3.93. The summed E-state index contributed by atoms with van der Waals surface area (Å²) in [5.41, 5.74) is 1.65. The average Bonchev–Trinajstić information content (AvgIpc) is 2.26. The van der Waals surface area contributed by atoms with Gasteiger partial charge >= 0.3 is 0 Å². The summed E-state index contributed by atoms with van der Waals surface area (Å²) in [6, 6.07) is 7.54. The summed E-state index contributed by atoms with van der Waals surface area (Å²) in [5, 5.41) is 0. The van der Waals surface area contributed by atoms with Gasteiger partial charge in [-0.25, -0.2) is 0 Å². The van der Waals surface area contributed by atoms with E-state index >= 15 is 0 Å². The molecule has 1 aromatic carbocycles. The molecule has 78 valence electrons. The fraction of sp³-hybridized carbons (Fsp3) is 0.308. The van der Waals surface area contributed by atoms with Crippen molar-refractivity contribution in [1.82, 2.24) is 0 Å². The fourth-order valence-electron chi connectivity index (χ4n) is 1.52. The smallest absolute Gasteiger partial charge is 0.161 e. The first-order chi connectivity index (χ1) is 7.20. The maximum absolute atomic E-state index is 11.4. The molecule has 0 heterocycles. The van der Waals surface area contributed by atoms with Gasteiger partial charge in [-0.1, -0.05) is 18.1 Å². The third-order valence-electron chi connectivity index (χ3n) is 2.29. The summed E-state index contributed by atoms with van der Waals surface area (Å²) >= 11 is 0. The molecule has 0 fully saturated rings. The highest BCUT2D eigenvalue weighted by atomic mass is 16.1. The minimum absolute atomic E-state index is 0.0704. The second kappa shape index (κ2) is 5.21. The summed E-state index contributed by atoms with van der Waals surface area (Å²) in [6.07, 6.45) is 5.29. The molecule has 0 aliphatic rings. The van der Waals surface area contributed by atoms with E-state index in [0.717, 1.165) is 17.8 Å². The predicted octanol–water partition coefficient (Wildman–Crippen LogP) is 2.35. The van der Waals surface area contributed by atoms with Crippen molar-refractivity contribution < 1.29 is 4.79 Å². The largest absolute Gasteiger partial charge is 0.360 e. The van der Waals surface area contributed by atoms with Crippen molar-refractivity contribution in [3.8, 4) is 12.3 Å². The Morgan fingerprint density at radius 3 is 2.67 bits per heavy atom. The molecule has 0 amide bonds. The molecule has 1 rings (SSSR count). The summed E-state index contributed by atoms with van der Waals surface area (Å²) in [7, 11) is 0. The number of para-hydroxylation sites is 1. The van der Waals surface area contributed by atoms with Crippen LogP contribution < -0.4 is 4.90 Å². The number of rotatable bonds is 4. The number of Topliss-reactive ketones (excluding diaryl/α,β-unsaturated/α-hetero) is 1. The summed E-state index contributed by atoms with van der Waals surface area (Å²) < 4.78 is 0. The highest BCUT2D eigenvalue weighted by molar-refractivity contribution is 5.99. The third-order valence-corrected chi connectivity index (χ3v) is 2.29. The summed E-state index contributed by atoms with van der Waals surface area (Å²) in [6.45, 7) is 4.92. The molecule has 0 saturated carbocycles. The maximum atomic E-state index is 11.4. The summed E-state index contributed by atoms with van der Waals surface area (Å²) in [4.78, 5) is 13.4. The Morgan fingerprint density at radius 1 is 1.47 bits per heavy atom. The van der Waals surface area contributed by atoms with Crippen molar-refractivity contribution in [2.24, 2.45) is 0 Å². The molecular weight excluding hydrogens is 186 g/mol. The number of carbonyl (C=O) groups is 1. The topological polar surface area (TPSA) is 20.3 Å². The van der Waals surface area contributed by atoms with E-state index in [2.05, 4.69) is 5.92 Å². The number of anilines is 1. The summed E-state index contributed by atoms with van der Waals surface area (Å²) in [5.74, 6) is 2.67. The Balaban J connectivity index is 3.11. The minimum atomic E-state index is 0.0704. The van der Waals surface area contributed by atoms with Gasteiger partial charge in [-0.05, 0) is 26.0 Å². The number of ketones is 1. The molecule has 0 atom stereocenters. The molecule has 2 nitrogen and oxygen atoms in total. The number of hydrogen-bond donors (Lipinski definition) is 0. The van der Waals surface area contributed by atoms with Crippen LogP contribution in [0.2, 0.25) is 0 Å². The van der Waals surface area contributed by atoms with Crippen LogP contribution in [0.5, 0.6) is 0 Å². The lowest BCUT2D eigenvalue weighted by atomic mass is 10.1. The van der Waals surface area contributed by atoms with Crippen LogP contribution in [0, 0.1) is 12.3 Å². The van der Waals surface area contributed by atoms with E-state index in [0.29, 0.717) is 6.54 Å². The van der Waals surface area contributed by atoms with Gasteiger partial charge in [0.2, 0.25) is 0 Å². The lowest BCUT2D eigenvalue weighted by Gasteiger charge is -2.22. The van der Waals surface area contributed by atoms with Gasteiger partial charge in [-0.3, -0.25) is 4.79 Å². The van der Waals surface area contributed by atoms with Crippen LogP contribution in [0.15, 0.2) is 24.3 Å². The van der Waals surface area contributed by atoms with Crippen LogP contribution >= 0.6 is 0 Å². The molecule has 0 spiro atoms. The van der Waals surface area contributed by atoms with Gasteiger partial charge in [-0.15, -0.1) is 6.42 Å². The standard InChI is InChI=1S/C13H15NO/c1-4-10-14(5-2)13-9-7-6-8-12(13)11(3)15/h1,6-9H,5,10H2,2-3H3. The quantitative estimate of drug-likeness (QED) is 0.550. The number of hydrogen-bond acceptors (Lipinski definition) is 2. The van der Waals surface area contributed by atoms with Gasteiger partial charge in [0, 0.05) is 17.8 Å². The second-order valence-corrected chi connectivity index (χ2v) is 3.29. The number of terminal acetylenes is 1. The molecule has 0 bridgehead atoms. The van der Waals surface area contributed by atoms with Crippen molar-refractivity contribution in [2.75, 3.05) is 18.0 Å². The first-order valence-corrected chi connectivity index (χ1v) is 4.99. The second-order valence-electron chi connectivity index (χ2n) is 3.29. The zero-order valence-electron chi connectivity index (χ0n) is 9.16. The zero-order valence-corrected chi connectivity index (χ0v) is 9.16. The Hall–Kier alpha value is -1.75. The number of benzene rings is 1. The maximum Gasteiger partial charge on any atom is 0.161 e. The SMILES string of the molecule is C#CCN(CC)c1ccccc1C(C)=O. The normalized spacial score (nSPS) is 9.40. The highest BCUT2D eigenvalue weighted by Crippen LogP contribution is 2.20. The molecular formula is C13H15NO. The molecule has 15 heavy (non-hydrogen) atoms. The van der Waals surface area contributed by atoms with Crippen molar-refractivity contribution >= 4 is 11.5 Å². The van der Waals surface area contributed by atoms with Gasteiger partial charge in [-0.2, -0.15) is 0 Å². The molecule has 0 aliphatic carbocycles. The molecule has 0 unspecified atom stereocenters. The molecule has 0 aromatic heterocycles. The first-order valence-electron chi connectivity index (χ1n) is 4.99. The van der Waals surface area contributed by atoms with Crippen LogP contribution in [-0.2, 0) is 0 Å². The zero-order chi connectivity index (χ0) is 11.3. The molecule has 0 aliphatic heterocycles. The number of carbonyl (C=O) groups excluding carboxylic acids is 1. The van der Waals surface area contributed by atoms with E-state index in [1.165, 1.54) is 0 Å². The lowest BCUT2D eigenvalue weighted by Crippen LogP contribution is -2.24. The molecule has 0 radical (unpaired) electrons. The van der Waals surface area contributed by atoms with Gasteiger partial charge in [0.15, 0.2) is 5.78 Å². The van der Waals surface area contributed by atoms with Crippen molar-refractivity contribution in [1.29, 1.82) is 0 Å². The predicted molar refractivity (Wildman–Crippen MR) is 63.2 cm³/mol. The van der Waals surface area contributed by atoms with E-state index in [1.54, 1.807) is 6.92 Å². The minimum Gasteiger partial charge on any atom is -0.360 e. The van der Waals surface area contributed by atoms with Crippen LogP contribution in [0.3, 0.4) is 0 Å². The van der Waals surface area contributed by atoms with Gasteiger partial charge in [0.25, 0.3) is 0 Å². The van der Waals surface area contributed by atoms with E-state index in [4.69, 9.17) is 6.42 Å². The van der Waals surface area contributed by atoms with Crippen LogP contribution in [-0.4, -0.2) is 18.9 Å². The fourth-order valence-corrected chi connectivity index (χ4v) is 1.52. The van der Waals surface area contributed by atoms with Crippen molar-refractivity contribution in [3.63, 3.8) is 0 Å². The Bertz CT molecular complexity index is 390. The van der Waals surface area contributed by atoms with Crippen LogP contribution in [0.25, 0.3) is 0 Å². The third kappa shape index (κ3) is 2.60. The first kappa shape index (κ1) is 11.3. The molecule has 1 aromatic rings. The highest BCUT2D eigenvalue weighted by Gasteiger charge is 2.10. The van der Waals surface area contributed by atoms with Gasteiger partial charge in [0.05, 0.1) is 6.54 Å². The monoisotopic (exact) mass is 201 g/mol. The number of nitrogens with zero attached hydrogens (tertiary/aromatic N) is 1. The van der Waals surface area contributed by atoms with E-state index < -0.39 is 0 Å². The van der Waals surface area contributed by atoms with E-state index in [9.17, 15) is 4.79 Å². The van der Waals surface area contributed by atoms with E-state index in [1.807, 2.05) is 36.1 Å².